The molecule has 0 bridgehead atoms. The normalized spacial score (nSPS) is 10.6. The van der Waals surface area contributed by atoms with E-state index in [4.69, 9.17) is 9.47 Å². The minimum Gasteiger partial charge on any atom is -0.465 e. The number of aromatic nitrogens is 2. The van der Waals surface area contributed by atoms with Crippen molar-refractivity contribution in [3.8, 4) is 11.1 Å². The van der Waals surface area contributed by atoms with Crippen molar-refractivity contribution in [2.24, 2.45) is 0 Å². The summed E-state index contributed by atoms with van der Waals surface area (Å²) in [5, 5.41) is 0. The molecule has 0 aliphatic rings. The molecule has 2 aromatic heterocycles. The Kier molecular flexibility index (Phi) is 4.04. The number of carbonyl (C=O) groups is 2. The van der Waals surface area contributed by atoms with Gasteiger partial charge in [-0.3, -0.25) is 4.40 Å². The van der Waals surface area contributed by atoms with Crippen molar-refractivity contribution in [2.45, 2.75) is 6.92 Å². The smallest absolute Gasteiger partial charge is 0.356 e. The van der Waals surface area contributed by atoms with Gasteiger partial charge in [0.1, 0.15) is 11.3 Å². The highest BCUT2D eigenvalue weighted by atomic mass is 16.5. The third-order valence-corrected chi connectivity index (χ3v) is 3.73. The van der Waals surface area contributed by atoms with Crippen LogP contribution >= 0.6 is 0 Å². The van der Waals surface area contributed by atoms with Crippen molar-refractivity contribution in [1.29, 1.82) is 0 Å². The first-order valence-corrected chi connectivity index (χ1v) is 7.31. The third kappa shape index (κ3) is 2.52. The molecule has 0 aliphatic heterocycles. The van der Waals surface area contributed by atoms with Crippen molar-refractivity contribution in [3.05, 3.63) is 59.5 Å². The lowest BCUT2D eigenvalue weighted by Gasteiger charge is -2.14. The van der Waals surface area contributed by atoms with Crippen LogP contribution in [0.2, 0.25) is 0 Å². The van der Waals surface area contributed by atoms with Gasteiger partial charge in [0.05, 0.1) is 25.5 Å². The van der Waals surface area contributed by atoms with Crippen LogP contribution in [0.1, 0.15) is 26.5 Å². The van der Waals surface area contributed by atoms with Crippen LogP contribution in [-0.2, 0) is 9.47 Å². The van der Waals surface area contributed by atoms with Crippen molar-refractivity contribution in [3.63, 3.8) is 0 Å². The number of nitrogens with zero attached hydrogens (tertiary/aromatic N) is 2. The van der Waals surface area contributed by atoms with E-state index in [2.05, 4.69) is 4.98 Å². The number of benzene rings is 1. The molecule has 122 valence electrons. The summed E-state index contributed by atoms with van der Waals surface area (Å²) in [6, 6.07) is 11.1. The van der Waals surface area contributed by atoms with Crippen LogP contribution in [-0.4, -0.2) is 35.5 Å². The molecule has 0 amide bonds. The fourth-order valence-electron chi connectivity index (χ4n) is 2.70. The monoisotopic (exact) mass is 324 g/mol. The SMILES string of the molecule is COC(=O)c1c(-c2ccccc2)cc2nc(C)cn2c1C(=O)OC. The second-order valence-corrected chi connectivity index (χ2v) is 5.24. The molecule has 0 saturated heterocycles. The first-order chi connectivity index (χ1) is 11.6. The number of fused-ring (bicyclic) bond motifs is 1. The standard InChI is InChI=1S/C18H16N2O4/c1-11-10-20-14(19-11)9-13(12-7-5-4-6-8-12)15(17(21)23-2)16(20)18(22)24-3/h4-10H,1-3H3. The van der Waals surface area contributed by atoms with Crippen molar-refractivity contribution >= 4 is 17.6 Å². The molecule has 0 saturated carbocycles. The van der Waals surface area contributed by atoms with E-state index in [-0.39, 0.29) is 11.3 Å². The summed E-state index contributed by atoms with van der Waals surface area (Å²) < 4.78 is 11.3. The van der Waals surface area contributed by atoms with Crippen LogP contribution < -0.4 is 0 Å². The minimum absolute atomic E-state index is 0.0984. The number of hydrogen-bond donors (Lipinski definition) is 0. The molecule has 3 aromatic rings. The Morgan fingerprint density at radius 3 is 2.33 bits per heavy atom. The molecule has 6 heteroatoms. The fourth-order valence-corrected chi connectivity index (χ4v) is 2.70. The van der Waals surface area contributed by atoms with Gasteiger partial charge in [-0.05, 0) is 18.6 Å². The predicted molar refractivity (Wildman–Crippen MR) is 88.0 cm³/mol. The minimum atomic E-state index is -0.629. The lowest BCUT2D eigenvalue weighted by Crippen LogP contribution is -2.17. The lowest BCUT2D eigenvalue weighted by molar-refractivity contribution is 0.0549. The highest BCUT2D eigenvalue weighted by Crippen LogP contribution is 2.29. The van der Waals surface area contributed by atoms with E-state index in [0.29, 0.717) is 11.2 Å². The van der Waals surface area contributed by atoms with Gasteiger partial charge in [-0.2, -0.15) is 0 Å². The zero-order valence-electron chi connectivity index (χ0n) is 13.6. The van der Waals surface area contributed by atoms with E-state index in [0.717, 1.165) is 11.3 Å². The molecule has 0 spiro atoms. The van der Waals surface area contributed by atoms with Gasteiger partial charge >= 0.3 is 11.9 Å². The molecule has 0 N–H and O–H groups in total. The topological polar surface area (TPSA) is 69.9 Å². The average molecular weight is 324 g/mol. The number of imidazole rings is 1. The van der Waals surface area contributed by atoms with Crippen molar-refractivity contribution in [1.82, 2.24) is 9.38 Å². The van der Waals surface area contributed by atoms with E-state index in [1.165, 1.54) is 14.2 Å². The first kappa shape index (κ1) is 15.7. The zero-order valence-corrected chi connectivity index (χ0v) is 13.6. The van der Waals surface area contributed by atoms with Gasteiger partial charge in [-0.1, -0.05) is 30.3 Å². The molecule has 2 heterocycles. The van der Waals surface area contributed by atoms with Gasteiger partial charge < -0.3 is 9.47 Å². The maximum absolute atomic E-state index is 12.4. The van der Waals surface area contributed by atoms with Gasteiger partial charge in [-0.25, -0.2) is 14.6 Å². The summed E-state index contributed by atoms with van der Waals surface area (Å²) in [4.78, 5) is 29.2. The summed E-state index contributed by atoms with van der Waals surface area (Å²) in [7, 11) is 2.55. The van der Waals surface area contributed by atoms with Crippen molar-refractivity contribution in [2.75, 3.05) is 14.2 Å². The quantitative estimate of drug-likeness (QED) is 0.693. The average Bonchev–Trinajstić information content (AvgIpc) is 2.99. The van der Waals surface area contributed by atoms with E-state index in [9.17, 15) is 9.59 Å². The molecule has 3 rings (SSSR count). The maximum Gasteiger partial charge on any atom is 0.356 e. The maximum atomic E-state index is 12.4. The summed E-state index contributed by atoms with van der Waals surface area (Å²) in [5.74, 6) is -1.24. The molecule has 0 radical (unpaired) electrons. The largest absolute Gasteiger partial charge is 0.465 e. The lowest BCUT2D eigenvalue weighted by atomic mass is 9.98. The zero-order chi connectivity index (χ0) is 17.3. The molecule has 24 heavy (non-hydrogen) atoms. The number of methoxy groups -OCH3 is 2. The summed E-state index contributed by atoms with van der Waals surface area (Å²) in [6.07, 6.45) is 1.68. The Labute approximate surface area is 138 Å². The number of esters is 2. The molecule has 0 aliphatic carbocycles. The predicted octanol–water partition coefficient (Wildman–Crippen LogP) is 2.88. The Hall–Kier alpha value is -3.15. The van der Waals surface area contributed by atoms with Gasteiger partial charge in [-0.15, -0.1) is 0 Å². The molecule has 6 nitrogen and oxygen atoms in total. The number of pyridine rings is 1. The first-order valence-electron chi connectivity index (χ1n) is 7.31. The fraction of sp³-hybridized carbons (Fsp3) is 0.167. The molecule has 0 atom stereocenters. The van der Waals surface area contributed by atoms with Crippen LogP contribution in [0.4, 0.5) is 0 Å². The van der Waals surface area contributed by atoms with Crippen LogP contribution in [0.5, 0.6) is 0 Å². The summed E-state index contributed by atoms with van der Waals surface area (Å²) >= 11 is 0. The number of aryl methyl sites for hydroxylation is 1. The van der Waals surface area contributed by atoms with Gasteiger partial charge in [0, 0.05) is 11.8 Å². The number of rotatable bonds is 3. The molecular weight excluding hydrogens is 308 g/mol. The molecule has 0 fully saturated rings. The summed E-state index contributed by atoms with van der Waals surface area (Å²) in [5.41, 5.74) is 2.88. The molecule has 1 aromatic carbocycles. The van der Waals surface area contributed by atoms with E-state index < -0.39 is 11.9 Å². The van der Waals surface area contributed by atoms with Crippen LogP contribution in [0.3, 0.4) is 0 Å². The highest BCUT2D eigenvalue weighted by Gasteiger charge is 2.27. The number of carbonyl (C=O) groups excluding carboxylic acids is 2. The molecular formula is C18H16N2O4. The van der Waals surface area contributed by atoms with E-state index in [1.807, 2.05) is 37.3 Å². The summed E-state index contributed by atoms with van der Waals surface area (Å²) in [6.45, 7) is 1.81. The van der Waals surface area contributed by atoms with Crippen LogP contribution in [0.15, 0.2) is 42.6 Å². The van der Waals surface area contributed by atoms with Crippen LogP contribution in [0, 0.1) is 6.92 Å². The third-order valence-electron chi connectivity index (χ3n) is 3.73. The number of hydrogen-bond acceptors (Lipinski definition) is 5. The van der Waals surface area contributed by atoms with E-state index in [1.54, 1.807) is 16.7 Å². The highest BCUT2D eigenvalue weighted by molar-refractivity contribution is 6.07. The number of ether oxygens (including phenoxy) is 2. The molecule has 0 unspecified atom stereocenters. The van der Waals surface area contributed by atoms with Crippen LogP contribution in [0.25, 0.3) is 16.8 Å². The second-order valence-electron chi connectivity index (χ2n) is 5.24. The second kappa shape index (κ2) is 6.16. The Bertz CT molecular complexity index is 929. The van der Waals surface area contributed by atoms with Gasteiger partial charge in [0.15, 0.2) is 0 Å². The Morgan fingerprint density at radius 2 is 1.71 bits per heavy atom. The van der Waals surface area contributed by atoms with E-state index >= 15 is 0 Å². The van der Waals surface area contributed by atoms with Crippen molar-refractivity contribution < 1.29 is 19.1 Å². The Morgan fingerprint density at radius 1 is 1.04 bits per heavy atom. The van der Waals surface area contributed by atoms with Gasteiger partial charge in [0.25, 0.3) is 0 Å². The van der Waals surface area contributed by atoms with Gasteiger partial charge in [0.2, 0.25) is 0 Å². The Balaban J connectivity index is 2.46.